The van der Waals surface area contributed by atoms with Gasteiger partial charge in [-0.1, -0.05) is 13.8 Å². The molecule has 66 valence electrons. The number of hydroxylamine groups is 2. The van der Waals surface area contributed by atoms with E-state index in [4.69, 9.17) is 9.94 Å². The largest absolute Gasteiger partial charge is 0.481 e. The summed E-state index contributed by atoms with van der Waals surface area (Å²) in [4.78, 5) is 15.2. The molecular formula is C7H15NO3. The number of hydrogen-bond acceptors (Lipinski definition) is 3. The molecule has 0 rings (SSSR count). The lowest BCUT2D eigenvalue weighted by Gasteiger charge is -2.16. The Morgan fingerprint density at radius 1 is 1.45 bits per heavy atom. The van der Waals surface area contributed by atoms with Crippen LogP contribution in [0.25, 0.3) is 0 Å². The highest BCUT2D eigenvalue weighted by molar-refractivity contribution is 5.66. The van der Waals surface area contributed by atoms with Crippen molar-refractivity contribution < 1.29 is 14.7 Å². The Kier molecular flexibility index (Phi) is 5.78. The van der Waals surface area contributed by atoms with Gasteiger partial charge < -0.3 is 5.11 Å². The van der Waals surface area contributed by atoms with Gasteiger partial charge in [-0.3, -0.25) is 9.63 Å². The predicted molar refractivity (Wildman–Crippen MR) is 41.1 cm³/mol. The van der Waals surface area contributed by atoms with Crippen molar-refractivity contribution in [2.75, 3.05) is 19.7 Å². The highest BCUT2D eigenvalue weighted by atomic mass is 16.7. The fraction of sp³-hybridized carbons (Fsp3) is 0.857. The molecule has 0 aromatic carbocycles. The number of hydrogen-bond donors (Lipinski definition) is 1. The Hall–Kier alpha value is -0.610. The SMILES string of the molecule is CCN(CC)OCCC(=O)O. The molecule has 0 saturated heterocycles. The highest BCUT2D eigenvalue weighted by Crippen LogP contribution is 1.90. The molecule has 0 spiro atoms. The molecule has 0 aliphatic heterocycles. The summed E-state index contributed by atoms with van der Waals surface area (Å²) < 4.78 is 0. The molecule has 0 amide bonds. The minimum absolute atomic E-state index is 0.0660. The maximum atomic E-state index is 10.1. The average Bonchev–Trinajstić information content (AvgIpc) is 1.98. The lowest BCUT2D eigenvalue weighted by atomic mass is 10.5. The van der Waals surface area contributed by atoms with Crippen LogP contribution in [0.5, 0.6) is 0 Å². The van der Waals surface area contributed by atoms with Crippen LogP contribution >= 0.6 is 0 Å². The van der Waals surface area contributed by atoms with Crippen molar-refractivity contribution >= 4 is 5.97 Å². The Bertz CT molecular complexity index is 112. The zero-order chi connectivity index (χ0) is 8.69. The second-order valence-electron chi connectivity index (χ2n) is 2.09. The molecule has 0 fully saturated rings. The molecule has 0 heterocycles. The molecule has 0 atom stereocenters. The number of nitrogens with zero attached hydrogens (tertiary/aromatic N) is 1. The van der Waals surface area contributed by atoms with Crippen molar-refractivity contribution in [2.24, 2.45) is 0 Å². The van der Waals surface area contributed by atoms with E-state index in [0.717, 1.165) is 13.1 Å². The van der Waals surface area contributed by atoms with Crippen molar-refractivity contribution in [3.63, 3.8) is 0 Å². The first-order chi connectivity index (χ1) is 5.20. The van der Waals surface area contributed by atoms with Crippen LogP contribution in [0.3, 0.4) is 0 Å². The van der Waals surface area contributed by atoms with E-state index in [1.165, 1.54) is 0 Å². The predicted octanol–water partition coefficient (Wildman–Crippen LogP) is 0.735. The van der Waals surface area contributed by atoms with Gasteiger partial charge in [0.05, 0.1) is 13.0 Å². The number of aliphatic carboxylic acids is 1. The van der Waals surface area contributed by atoms with Crippen LogP contribution in [-0.2, 0) is 9.63 Å². The smallest absolute Gasteiger partial charge is 0.305 e. The molecule has 0 radical (unpaired) electrons. The minimum Gasteiger partial charge on any atom is -0.481 e. The third kappa shape index (κ3) is 5.82. The summed E-state index contributed by atoms with van der Waals surface area (Å²) in [5.41, 5.74) is 0. The van der Waals surface area contributed by atoms with E-state index >= 15 is 0 Å². The van der Waals surface area contributed by atoms with Crippen LogP contribution in [-0.4, -0.2) is 35.8 Å². The second kappa shape index (κ2) is 6.12. The van der Waals surface area contributed by atoms with Gasteiger partial charge in [0.2, 0.25) is 0 Å². The summed E-state index contributed by atoms with van der Waals surface area (Å²) in [6.45, 7) is 5.76. The van der Waals surface area contributed by atoms with Crippen LogP contribution in [0, 0.1) is 0 Å². The Balaban J connectivity index is 3.28. The molecule has 4 nitrogen and oxygen atoms in total. The lowest BCUT2D eigenvalue weighted by Crippen LogP contribution is -2.24. The third-order valence-corrected chi connectivity index (χ3v) is 1.30. The van der Waals surface area contributed by atoms with Gasteiger partial charge in [0.15, 0.2) is 0 Å². The van der Waals surface area contributed by atoms with E-state index in [-0.39, 0.29) is 13.0 Å². The molecule has 0 aromatic rings. The van der Waals surface area contributed by atoms with Gasteiger partial charge in [0.1, 0.15) is 0 Å². The van der Waals surface area contributed by atoms with Crippen molar-refractivity contribution in [3.05, 3.63) is 0 Å². The normalized spacial score (nSPS) is 10.5. The summed E-state index contributed by atoms with van der Waals surface area (Å²) in [6.07, 6.45) is 0.0660. The average molecular weight is 161 g/mol. The van der Waals surface area contributed by atoms with Gasteiger partial charge in [0, 0.05) is 13.1 Å². The van der Waals surface area contributed by atoms with Crippen molar-refractivity contribution in [2.45, 2.75) is 20.3 Å². The van der Waals surface area contributed by atoms with E-state index in [1.807, 2.05) is 13.8 Å². The van der Waals surface area contributed by atoms with E-state index in [1.54, 1.807) is 5.06 Å². The van der Waals surface area contributed by atoms with E-state index in [2.05, 4.69) is 0 Å². The first-order valence-corrected chi connectivity index (χ1v) is 3.80. The summed E-state index contributed by atoms with van der Waals surface area (Å²) in [5.74, 6) is -0.822. The summed E-state index contributed by atoms with van der Waals surface area (Å²) in [6, 6.07) is 0. The van der Waals surface area contributed by atoms with Crippen molar-refractivity contribution in [1.82, 2.24) is 5.06 Å². The first-order valence-electron chi connectivity index (χ1n) is 3.80. The van der Waals surface area contributed by atoms with Crippen LogP contribution in [0.2, 0.25) is 0 Å². The van der Waals surface area contributed by atoms with Crippen LogP contribution in [0.1, 0.15) is 20.3 Å². The molecule has 4 heteroatoms. The van der Waals surface area contributed by atoms with Crippen molar-refractivity contribution in [1.29, 1.82) is 0 Å². The third-order valence-electron chi connectivity index (χ3n) is 1.30. The molecule has 1 N–H and O–H groups in total. The Labute approximate surface area is 66.7 Å². The van der Waals surface area contributed by atoms with Gasteiger partial charge in [-0.2, -0.15) is 5.06 Å². The second-order valence-corrected chi connectivity index (χ2v) is 2.09. The van der Waals surface area contributed by atoms with Crippen molar-refractivity contribution in [3.8, 4) is 0 Å². The molecule has 11 heavy (non-hydrogen) atoms. The number of carbonyl (C=O) groups is 1. The monoisotopic (exact) mass is 161 g/mol. The molecule has 0 aromatic heterocycles. The standard InChI is InChI=1S/C7H15NO3/c1-3-8(4-2)11-6-5-7(9)10/h3-6H2,1-2H3,(H,9,10). The maximum Gasteiger partial charge on any atom is 0.305 e. The summed E-state index contributed by atoms with van der Waals surface area (Å²) in [5, 5.41) is 10.00. The molecule has 0 aliphatic carbocycles. The molecular weight excluding hydrogens is 146 g/mol. The fourth-order valence-corrected chi connectivity index (χ4v) is 0.668. The van der Waals surface area contributed by atoms with Gasteiger partial charge in [0.25, 0.3) is 0 Å². The molecule has 0 saturated carbocycles. The Morgan fingerprint density at radius 2 is 2.00 bits per heavy atom. The van der Waals surface area contributed by atoms with E-state index in [9.17, 15) is 4.79 Å². The van der Waals surface area contributed by atoms with Gasteiger partial charge in [-0.15, -0.1) is 0 Å². The number of carboxylic acids is 1. The van der Waals surface area contributed by atoms with Crippen LogP contribution < -0.4 is 0 Å². The first kappa shape index (κ1) is 10.4. The quantitative estimate of drug-likeness (QED) is 0.583. The number of carboxylic acid groups (broad SMARTS) is 1. The minimum atomic E-state index is -0.822. The lowest BCUT2D eigenvalue weighted by molar-refractivity contribution is -0.163. The molecule has 0 bridgehead atoms. The number of rotatable bonds is 6. The summed E-state index contributed by atoms with van der Waals surface area (Å²) in [7, 11) is 0. The molecule has 0 unspecified atom stereocenters. The highest BCUT2D eigenvalue weighted by Gasteiger charge is 2.00. The topological polar surface area (TPSA) is 49.8 Å². The van der Waals surface area contributed by atoms with Crippen LogP contribution in [0.4, 0.5) is 0 Å². The Morgan fingerprint density at radius 3 is 2.36 bits per heavy atom. The van der Waals surface area contributed by atoms with Crippen LogP contribution in [0.15, 0.2) is 0 Å². The fourth-order valence-electron chi connectivity index (χ4n) is 0.668. The van der Waals surface area contributed by atoms with Gasteiger partial charge in [-0.25, -0.2) is 0 Å². The van der Waals surface area contributed by atoms with E-state index < -0.39 is 5.97 Å². The van der Waals surface area contributed by atoms with Gasteiger partial charge >= 0.3 is 5.97 Å². The zero-order valence-electron chi connectivity index (χ0n) is 7.04. The molecule has 0 aliphatic rings. The van der Waals surface area contributed by atoms with E-state index in [0.29, 0.717) is 0 Å². The zero-order valence-corrected chi connectivity index (χ0v) is 7.04. The summed E-state index contributed by atoms with van der Waals surface area (Å²) >= 11 is 0. The maximum absolute atomic E-state index is 10.1. The van der Waals surface area contributed by atoms with Gasteiger partial charge in [-0.05, 0) is 0 Å².